The minimum atomic E-state index is -1.01. The minimum Gasteiger partial charge on any atom is -0.507 e. The Morgan fingerprint density at radius 2 is 1.92 bits per heavy atom. The molecule has 1 amide bonds. The lowest BCUT2D eigenvalue weighted by Gasteiger charge is -2.23. The number of ether oxygens (including phenoxy) is 2. The van der Waals surface area contributed by atoms with Crippen LogP contribution in [0.1, 0.15) is 29.7 Å². The van der Waals surface area contributed by atoms with Crippen molar-refractivity contribution >= 4 is 44.1 Å². The summed E-state index contributed by atoms with van der Waals surface area (Å²) in [5.74, 6) is -1.38. The van der Waals surface area contributed by atoms with Gasteiger partial charge in [-0.15, -0.1) is 0 Å². The molecule has 1 aliphatic rings. The van der Waals surface area contributed by atoms with Gasteiger partial charge in [0.1, 0.15) is 11.5 Å². The zero-order valence-electron chi connectivity index (χ0n) is 20.4. The number of ketones is 1. The number of aromatic hydroxyl groups is 1. The Morgan fingerprint density at radius 3 is 2.68 bits per heavy atom. The van der Waals surface area contributed by atoms with E-state index in [1.54, 1.807) is 43.3 Å². The first-order valence-electron chi connectivity index (χ1n) is 11.6. The van der Waals surface area contributed by atoms with Crippen molar-refractivity contribution in [3.63, 3.8) is 0 Å². The number of anilines is 1. The number of phenols is 1. The Balaban J connectivity index is 1.74. The number of amides is 1. The zero-order chi connectivity index (χ0) is 26.3. The van der Waals surface area contributed by atoms with Crippen molar-refractivity contribution in [3.05, 3.63) is 82.9 Å². The third-order valence-corrected chi connectivity index (χ3v) is 7.14. The van der Waals surface area contributed by atoms with Gasteiger partial charge in [0.2, 0.25) is 0 Å². The van der Waals surface area contributed by atoms with Crippen molar-refractivity contribution in [1.82, 2.24) is 4.98 Å². The number of aryl methyl sites for hydroxylation is 1. The molecule has 1 atom stereocenters. The number of methoxy groups -OCH3 is 1. The summed E-state index contributed by atoms with van der Waals surface area (Å²) in [7, 11) is 1.50. The van der Waals surface area contributed by atoms with E-state index < -0.39 is 17.7 Å². The minimum absolute atomic E-state index is 0.0780. The van der Waals surface area contributed by atoms with E-state index in [-0.39, 0.29) is 22.8 Å². The van der Waals surface area contributed by atoms with Crippen molar-refractivity contribution in [2.75, 3.05) is 18.6 Å². The van der Waals surface area contributed by atoms with E-state index in [9.17, 15) is 19.8 Å². The third kappa shape index (κ3) is 4.27. The monoisotopic (exact) mass is 516 g/mol. The Hall–Kier alpha value is -4.37. The van der Waals surface area contributed by atoms with E-state index in [1.807, 2.05) is 25.1 Å². The summed E-state index contributed by atoms with van der Waals surface area (Å²) in [6.07, 6.45) is 0. The molecule has 0 aliphatic carbocycles. The van der Waals surface area contributed by atoms with Gasteiger partial charge in [-0.05, 0) is 61.4 Å². The summed E-state index contributed by atoms with van der Waals surface area (Å²) in [5.41, 5.74) is 2.44. The second kappa shape index (κ2) is 9.59. The van der Waals surface area contributed by atoms with Crippen molar-refractivity contribution in [3.8, 4) is 17.2 Å². The van der Waals surface area contributed by atoms with Gasteiger partial charge in [-0.2, -0.15) is 0 Å². The van der Waals surface area contributed by atoms with Gasteiger partial charge in [-0.25, -0.2) is 4.98 Å². The van der Waals surface area contributed by atoms with Gasteiger partial charge in [0, 0.05) is 5.56 Å². The molecule has 9 heteroatoms. The number of carbonyl (C=O) groups excluding carboxylic acids is 2. The molecule has 37 heavy (non-hydrogen) atoms. The number of aliphatic hydroxyl groups excluding tert-OH is 1. The number of phenolic OH excluding ortho intramolecular Hbond substituents is 1. The van der Waals surface area contributed by atoms with Crippen LogP contribution in [0, 0.1) is 6.92 Å². The summed E-state index contributed by atoms with van der Waals surface area (Å²) in [4.78, 5) is 32.9. The quantitative estimate of drug-likeness (QED) is 0.202. The number of rotatable bonds is 6. The standard InChI is InChI=1S/C28H24N2O6S/c1-4-36-21-14-16(9-11-20(21)31)24-23(25(32)17-6-5-7-18(13-17)35-3)26(33)27(34)30(24)28-29-19-10-8-15(2)12-22(19)37-28/h5-14,24,31-32H,4H2,1-3H3/t24-/m1/s1. The highest BCUT2D eigenvalue weighted by molar-refractivity contribution is 7.22. The van der Waals surface area contributed by atoms with Crippen LogP contribution >= 0.6 is 11.3 Å². The molecule has 3 aromatic carbocycles. The van der Waals surface area contributed by atoms with Gasteiger partial charge in [0.15, 0.2) is 16.6 Å². The molecule has 2 heterocycles. The highest BCUT2D eigenvalue weighted by Crippen LogP contribution is 2.46. The average Bonchev–Trinajstić information content (AvgIpc) is 3.42. The molecule has 0 unspecified atom stereocenters. The van der Waals surface area contributed by atoms with E-state index in [1.165, 1.54) is 29.4 Å². The lowest BCUT2D eigenvalue weighted by molar-refractivity contribution is -0.132. The number of aliphatic hydroxyl groups is 1. The molecule has 188 valence electrons. The second-order valence-corrected chi connectivity index (χ2v) is 9.54. The Labute approximate surface area is 217 Å². The topological polar surface area (TPSA) is 109 Å². The number of fused-ring (bicyclic) bond motifs is 1. The highest BCUT2D eigenvalue weighted by atomic mass is 32.1. The number of aromatic nitrogens is 1. The summed E-state index contributed by atoms with van der Waals surface area (Å²) >= 11 is 1.28. The van der Waals surface area contributed by atoms with Crippen molar-refractivity contribution in [2.45, 2.75) is 19.9 Å². The fourth-order valence-corrected chi connectivity index (χ4v) is 5.46. The number of nitrogens with zero attached hydrogens (tertiary/aromatic N) is 2. The van der Waals surface area contributed by atoms with Crippen molar-refractivity contribution < 1.29 is 29.3 Å². The lowest BCUT2D eigenvalue weighted by atomic mass is 9.95. The van der Waals surface area contributed by atoms with E-state index in [4.69, 9.17) is 9.47 Å². The molecular formula is C28H24N2O6S. The summed E-state index contributed by atoms with van der Waals surface area (Å²) in [5, 5.41) is 21.9. The maximum atomic E-state index is 13.5. The van der Waals surface area contributed by atoms with E-state index in [0.717, 1.165) is 10.3 Å². The van der Waals surface area contributed by atoms with Gasteiger partial charge in [0.05, 0.1) is 35.5 Å². The molecular weight excluding hydrogens is 492 g/mol. The number of thiazole rings is 1. The lowest BCUT2D eigenvalue weighted by Crippen LogP contribution is -2.29. The molecule has 4 aromatic rings. The van der Waals surface area contributed by atoms with Gasteiger partial charge in [0.25, 0.3) is 5.78 Å². The summed E-state index contributed by atoms with van der Waals surface area (Å²) in [6.45, 7) is 4.05. The molecule has 0 radical (unpaired) electrons. The van der Waals surface area contributed by atoms with Crippen LogP contribution in [0.4, 0.5) is 5.13 Å². The highest BCUT2D eigenvalue weighted by Gasteiger charge is 2.48. The first kappa shape index (κ1) is 24.3. The largest absolute Gasteiger partial charge is 0.507 e. The molecule has 0 saturated carbocycles. The third-order valence-electron chi connectivity index (χ3n) is 6.13. The predicted molar refractivity (Wildman–Crippen MR) is 141 cm³/mol. The van der Waals surface area contributed by atoms with Crippen LogP contribution < -0.4 is 14.4 Å². The molecule has 1 aliphatic heterocycles. The Bertz CT molecular complexity index is 1570. The van der Waals surface area contributed by atoms with E-state index in [0.29, 0.717) is 34.1 Å². The molecule has 1 fully saturated rings. The average molecular weight is 517 g/mol. The maximum Gasteiger partial charge on any atom is 0.301 e. The van der Waals surface area contributed by atoms with Gasteiger partial charge in [-0.1, -0.05) is 35.6 Å². The molecule has 0 bridgehead atoms. The first-order chi connectivity index (χ1) is 17.8. The molecule has 0 spiro atoms. The number of carbonyl (C=O) groups is 2. The van der Waals surface area contributed by atoms with Crippen LogP contribution in [-0.4, -0.2) is 40.6 Å². The number of hydrogen-bond donors (Lipinski definition) is 2. The van der Waals surface area contributed by atoms with Crippen LogP contribution in [0.15, 0.2) is 66.2 Å². The van der Waals surface area contributed by atoms with Crippen LogP contribution in [0.2, 0.25) is 0 Å². The van der Waals surface area contributed by atoms with Crippen LogP contribution in [0.3, 0.4) is 0 Å². The molecule has 5 rings (SSSR count). The second-order valence-electron chi connectivity index (χ2n) is 8.53. The maximum absolute atomic E-state index is 13.5. The van der Waals surface area contributed by atoms with Gasteiger partial charge >= 0.3 is 5.91 Å². The smallest absolute Gasteiger partial charge is 0.301 e. The van der Waals surface area contributed by atoms with Crippen LogP contribution in [0.25, 0.3) is 16.0 Å². The predicted octanol–water partition coefficient (Wildman–Crippen LogP) is 5.34. The molecule has 2 N–H and O–H groups in total. The SMILES string of the molecule is CCOc1cc([C@@H]2C(=C(O)c3cccc(OC)c3)C(=O)C(=O)N2c2nc3ccc(C)cc3s2)ccc1O. The first-order valence-corrected chi connectivity index (χ1v) is 12.4. The Morgan fingerprint density at radius 1 is 1.11 bits per heavy atom. The summed E-state index contributed by atoms with van der Waals surface area (Å²) in [6, 6.07) is 16.0. The van der Waals surface area contributed by atoms with E-state index in [2.05, 4.69) is 4.98 Å². The van der Waals surface area contributed by atoms with Gasteiger partial charge < -0.3 is 19.7 Å². The molecule has 8 nitrogen and oxygen atoms in total. The molecule has 1 saturated heterocycles. The van der Waals surface area contributed by atoms with Gasteiger partial charge in [-0.3, -0.25) is 14.5 Å². The molecule has 1 aromatic heterocycles. The van der Waals surface area contributed by atoms with Crippen LogP contribution in [-0.2, 0) is 9.59 Å². The number of benzene rings is 3. The van der Waals surface area contributed by atoms with E-state index >= 15 is 0 Å². The number of hydrogen-bond acceptors (Lipinski definition) is 8. The van der Waals surface area contributed by atoms with Crippen LogP contribution in [0.5, 0.6) is 17.2 Å². The fraction of sp³-hybridized carbons (Fsp3) is 0.179. The Kier molecular flexibility index (Phi) is 6.31. The van der Waals surface area contributed by atoms with Crippen molar-refractivity contribution in [2.24, 2.45) is 0 Å². The van der Waals surface area contributed by atoms with Crippen molar-refractivity contribution in [1.29, 1.82) is 0 Å². The number of Topliss-reactive ketones (excluding diaryl/α,β-unsaturated/α-hetero) is 1. The fourth-order valence-electron chi connectivity index (χ4n) is 4.37. The zero-order valence-corrected chi connectivity index (χ0v) is 21.2. The normalized spacial score (nSPS) is 16.9. The summed E-state index contributed by atoms with van der Waals surface area (Å²) < 4.78 is 11.7.